The molecule has 0 atom stereocenters. The molecule has 1 amide bonds. The first kappa shape index (κ1) is 21.5. The molecule has 2 aromatic carbocycles. The molecular formula is C24H28N2O4S. The molecule has 4 rings (SSSR count). The van der Waals surface area contributed by atoms with Crippen molar-refractivity contribution in [3.8, 4) is 11.5 Å². The van der Waals surface area contributed by atoms with E-state index in [9.17, 15) is 4.79 Å². The normalized spacial score (nSPS) is 14.0. The lowest BCUT2D eigenvalue weighted by Gasteiger charge is -2.31. The first-order valence-electron chi connectivity index (χ1n) is 10.7. The molecule has 31 heavy (non-hydrogen) atoms. The van der Waals surface area contributed by atoms with Gasteiger partial charge in [-0.1, -0.05) is 18.2 Å². The average Bonchev–Trinajstić information content (AvgIpc) is 3.13. The highest BCUT2D eigenvalue weighted by Gasteiger charge is 2.22. The van der Waals surface area contributed by atoms with E-state index in [2.05, 4.69) is 10.2 Å². The van der Waals surface area contributed by atoms with Crippen LogP contribution in [-0.4, -0.2) is 45.4 Å². The van der Waals surface area contributed by atoms with E-state index in [1.807, 2.05) is 57.2 Å². The van der Waals surface area contributed by atoms with Crippen LogP contribution in [0.4, 0.5) is 11.4 Å². The van der Waals surface area contributed by atoms with E-state index in [0.29, 0.717) is 42.7 Å². The van der Waals surface area contributed by atoms with Crippen molar-refractivity contribution in [2.75, 3.05) is 49.7 Å². The molecule has 1 fully saturated rings. The second-order valence-electron chi connectivity index (χ2n) is 7.29. The van der Waals surface area contributed by atoms with Gasteiger partial charge in [-0.3, -0.25) is 4.79 Å². The number of benzene rings is 2. The van der Waals surface area contributed by atoms with Gasteiger partial charge in [-0.15, -0.1) is 11.3 Å². The van der Waals surface area contributed by atoms with Gasteiger partial charge in [0, 0.05) is 29.9 Å². The first-order valence-corrected chi connectivity index (χ1v) is 11.5. The van der Waals surface area contributed by atoms with Crippen LogP contribution in [0.5, 0.6) is 11.5 Å². The maximum Gasteiger partial charge on any atom is 0.266 e. The van der Waals surface area contributed by atoms with Gasteiger partial charge in [0.1, 0.15) is 11.5 Å². The van der Waals surface area contributed by atoms with Gasteiger partial charge in [0.25, 0.3) is 5.91 Å². The predicted octanol–water partition coefficient (Wildman–Crippen LogP) is 5.10. The Hall–Kier alpha value is -2.77. The van der Waals surface area contributed by atoms with E-state index in [0.717, 1.165) is 40.2 Å². The van der Waals surface area contributed by atoms with Gasteiger partial charge in [-0.25, -0.2) is 0 Å². The smallest absolute Gasteiger partial charge is 0.266 e. The van der Waals surface area contributed by atoms with E-state index >= 15 is 0 Å². The summed E-state index contributed by atoms with van der Waals surface area (Å²) in [5, 5.41) is 4.18. The minimum Gasteiger partial charge on any atom is -0.492 e. The quantitative estimate of drug-likeness (QED) is 0.554. The third kappa shape index (κ3) is 4.48. The molecule has 0 radical (unpaired) electrons. The number of aryl methyl sites for hydroxylation is 1. The number of carbonyl (C=O) groups excluding carboxylic acids is 1. The van der Waals surface area contributed by atoms with Gasteiger partial charge in [0.05, 0.1) is 42.7 Å². The zero-order valence-corrected chi connectivity index (χ0v) is 19.0. The summed E-state index contributed by atoms with van der Waals surface area (Å²) in [6, 6.07) is 11.9. The fourth-order valence-corrected chi connectivity index (χ4v) is 4.92. The SMILES string of the molecule is CCOc1cc(N2CCOCC2)c(OCC)cc1NC(=O)c1sc2ccccc2c1C. The summed E-state index contributed by atoms with van der Waals surface area (Å²) in [4.78, 5) is 16.1. The summed E-state index contributed by atoms with van der Waals surface area (Å²) in [6.07, 6.45) is 0. The van der Waals surface area contributed by atoms with Crippen LogP contribution in [0.3, 0.4) is 0 Å². The number of hydrogen-bond acceptors (Lipinski definition) is 6. The van der Waals surface area contributed by atoms with Crippen LogP contribution >= 0.6 is 11.3 Å². The molecule has 1 N–H and O–H groups in total. The average molecular weight is 441 g/mol. The van der Waals surface area contributed by atoms with Crippen molar-refractivity contribution < 1.29 is 19.0 Å². The largest absolute Gasteiger partial charge is 0.492 e. The van der Waals surface area contributed by atoms with Gasteiger partial charge in [0.15, 0.2) is 0 Å². The van der Waals surface area contributed by atoms with Gasteiger partial charge >= 0.3 is 0 Å². The Bertz CT molecular complexity index is 1070. The number of anilines is 2. The number of nitrogens with zero attached hydrogens (tertiary/aromatic N) is 1. The van der Waals surface area contributed by atoms with Crippen LogP contribution in [-0.2, 0) is 4.74 Å². The Balaban J connectivity index is 1.69. The van der Waals surface area contributed by atoms with Crippen molar-refractivity contribution in [2.24, 2.45) is 0 Å². The molecule has 0 unspecified atom stereocenters. The van der Waals surface area contributed by atoms with Gasteiger partial charge in [-0.05, 0) is 37.8 Å². The summed E-state index contributed by atoms with van der Waals surface area (Å²) in [5.41, 5.74) is 2.57. The molecule has 164 valence electrons. The van der Waals surface area contributed by atoms with Crippen molar-refractivity contribution in [1.82, 2.24) is 0 Å². The van der Waals surface area contributed by atoms with E-state index in [1.54, 1.807) is 0 Å². The maximum atomic E-state index is 13.2. The fourth-order valence-electron chi connectivity index (χ4n) is 3.81. The zero-order valence-electron chi connectivity index (χ0n) is 18.2. The Morgan fingerprint density at radius 1 is 1.10 bits per heavy atom. The molecule has 0 spiro atoms. The second kappa shape index (κ2) is 9.58. The van der Waals surface area contributed by atoms with Gasteiger partial charge in [0.2, 0.25) is 0 Å². The molecule has 6 nitrogen and oxygen atoms in total. The lowest BCUT2D eigenvalue weighted by atomic mass is 10.1. The maximum absolute atomic E-state index is 13.2. The molecule has 0 aliphatic carbocycles. The van der Waals surface area contributed by atoms with Crippen LogP contribution in [0, 0.1) is 6.92 Å². The predicted molar refractivity (Wildman–Crippen MR) is 126 cm³/mol. The van der Waals surface area contributed by atoms with E-state index < -0.39 is 0 Å². The number of nitrogens with one attached hydrogen (secondary N) is 1. The number of fused-ring (bicyclic) bond motifs is 1. The van der Waals surface area contributed by atoms with Crippen molar-refractivity contribution in [1.29, 1.82) is 0 Å². The molecule has 1 saturated heterocycles. The number of morpholine rings is 1. The number of ether oxygens (including phenoxy) is 3. The topological polar surface area (TPSA) is 60.0 Å². The standard InChI is InChI=1S/C24H28N2O4S/c1-4-29-20-15-19(26-10-12-28-13-11-26)21(30-5-2)14-18(20)25-24(27)23-16(3)17-8-6-7-9-22(17)31-23/h6-9,14-15H,4-5,10-13H2,1-3H3,(H,25,27). The summed E-state index contributed by atoms with van der Waals surface area (Å²) < 4.78 is 18.4. The van der Waals surface area contributed by atoms with Crippen molar-refractivity contribution in [2.45, 2.75) is 20.8 Å². The van der Waals surface area contributed by atoms with Gasteiger partial charge < -0.3 is 24.4 Å². The van der Waals surface area contributed by atoms with Crippen LogP contribution < -0.4 is 19.7 Å². The van der Waals surface area contributed by atoms with Gasteiger partial charge in [-0.2, -0.15) is 0 Å². The number of thiophene rings is 1. The molecule has 0 saturated carbocycles. The Labute approximate surface area is 186 Å². The van der Waals surface area contributed by atoms with Crippen molar-refractivity contribution in [3.05, 3.63) is 46.8 Å². The summed E-state index contributed by atoms with van der Waals surface area (Å²) in [5.74, 6) is 1.23. The Kier molecular flexibility index (Phi) is 6.63. The summed E-state index contributed by atoms with van der Waals surface area (Å²) in [7, 11) is 0. The van der Waals surface area contributed by atoms with Crippen LogP contribution in [0.1, 0.15) is 29.1 Å². The highest BCUT2D eigenvalue weighted by molar-refractivity contribution is 7.21. The van der Waals surface area contributed by atoms with E-state index in [4.69, 9.17) is 14.2 Å². The first-order chi connectivity index (χ1) is 15.1. The minimum atomic E-state index is -0.138. The molecule has 1 aliphatic heterocycles. The van der Waals surface area contributed by atoms with E-state index in [-0.39, 0.29) is 5.91 Å². The third-order valence-corrected chi connectivity index (χ3v) is 6.58. The lowest BCUT2D eigenvalue weighted by molar-refractivity contribution is 0.102. The zero-order chi connectivity index (χ0) is 21.8. The van der Waals surface area contributed by atoms with Crippen LogP contribution in [0.15, 0.2) is 36.4 Å². The van der Waals surface area contributed by atoms with Crippen LogP contribution in [0.2, 0.25) is 0 Å². The highest BCUT2D eigenvalue weighted by atomic mass is 32.1. The van der Waals surface area contributed by atoms with Crippen LogP contribution in [0.25, 0.3) is 10.1 Å². The molecule has 1 aliphatic rings. The monoisotopic (exact) mass is 440 g/mol. The molecule has 1 aromatic heterocycles. The summed E-state index contributed by atoms with van der Waals surface area (Å²) >= 11 is 1.50. The molecule has 7 heteroatoms. The Morgan fingerprint density at radius 3 is 2.52 bits per heavy atom. The lowest BCUT2D eigenvalue weighted by Crippen LogP contribution is -2.36. The van der Waals surface area contributed by atoms with E-state index in [1.165, 1.54) is 11.3 Å². The van der Waals surface area contributed by atoms with Crippen molar-refractivity contribution >= 4 is 38.7 Å². The number of amides is 1. The fraction of sp³-hybridized carbons (Fsp3) is 0.375. The molecular weight excluding hydrogens is 412 g/mol. The number of rotatable bonds is 7. The molecule has 0 bridgehead atoms. The minimum absolute atomic E-state index is 0.138. The molecule has 3 aromatic rings. The highest BCUT2D eigenvalue weighted by Crippen LogP contribution is 2.40. The number of carbonyl (C=O) groups is 1. The second-order valence-corrected chi connectivity index (χ2v) is 8.34. The third-order valence-electron chi connectivity index (χ3n) is 5.31. The summed E-state index contributed by atoms with van der Waals surface area (Å²) in [6.45, 7) is 9.86. The molecule has 2 heterocycles. The number of hydrogen-bond donors (Lipinski definition) is 1. The Morgan fingerprint density at radius 2 is 1.81 bits per heavy atom. The van der Waals surface area contributed by atoms with Crippen molar-refractivity contribution in [3.63, 3.8) is 0 Å².